The highest BCUT2D eigenvalue weighted by molar-refractivity contribution is 6.32. The molecule has 2 saturated heterocycles. The Morgan fingerprint density at radius 2 is 1.76 bits per heavy atom. The molecule has 2 fully saturated rings. The van der Waals surface area contributed by atoms with E-state index in [-0.39, 0.29) is 16.9 Å². The number of piperidine rings is 1. The normalized spacial score (nSPS) is 20.5. The first kappa shape index (κ1) is 24.1. The van der Waals surface area contributed by atoms with Crippen LogP contribution in [0.25, 0.3) is 0 Å². The molecular formula is C27H36ClN3O2. The Morgan fingerprint density at radius 1 is 1.06 bits per heavy atom. The lowest BCUT2D eigenvalue weighted by Crippen LogP contribution is -2.57. The highest BCUT2D eigenvalue weighted by Gasteiger charge is 2.38. The molecule has 33 heavy (non-hydrogen) atoms. The highest BCUT2D eigenvalue weighted by Crippen LogP contribution is 2.36. The second-order valence-electron chi connectivity index (χ2n) is 10.8. The third-order valence-electron chi connectivity index (χ3n) is 6.53. The van der Waals surface area contributed by atoms with E-state index in [0.717, 1.165) is 50.5 Å². The van der Waals surface area contributed by atoms with Gasteiger partial charge in [0.25, 0.3) is 0 Å². The Balaban J connectivity index is 1.42. The first-order chi connectivity index (χ1) is 15.6. The van der Waals surface area contributed by atoms with E-state index in [1.54, 1.807) is 6.07 Å². The van der Waals surface area contributed by atoms with E-state index in [0.29, 0.717) is 28.7 Å². The average molecular weight is 470 g/mol. The number of anilines is 1. The molecule has 0 bridgehead atoms. The van der Waals surface area contributed by atoms with Gasteiger partial charge in [0.15, 0.2) is 5.78 Å². The third kappa shape index (κ3) is 6.28. The van der Waals surface area contributed by atoms with E-state index in [9.17, 15) is 4.79 Å². The van der Waals surface area contributed by atoms with Crippen molar-refractivity contribution in [3.8, 4) is 11.5 Å². The van der Waals surface area contributed by atoms with Crippen molar-refractivity contribution < 1.29 is 9.53 Å². The number of benzene rings is 2. The maximum Gasteiger partial charge on any atom is 0.163 e. The number of halogens is 1. The van der Waals surface area contributed by atoms with Gasteiger partial charge < -0.3 is 20.3 Å². The van der Waals surface area contributed by atoms with Crippen molar-refractivity contribution in [3.63, 3.8) is 0 Å². The number of hydrogen-bond donors (Lipinski definition) is 2. The molecule has 0 aromatic heterocycles. The number of hydrogen-bond acceptors (Lipinski definition) is 5. The summed E-state index contributed by atoms with van der Waals surface area (Å²) >= 11 is 6.54. The van der Waals surface area contributed by atoms with Crippen molar-refractivity contribution in [2.75, 3.05) is 31.1 Å². The van der Waals surface area contributed by atoms with E-state index in [1.807, 2.05) is 30.3 Å². The molecule has 2 N–H and O–H groups in total. The fraction of sp³-hybridized carbons (Fsp3) is 0.519. The van der Waals surface area contributed by atoms with Gasteiger partial charge in [0, 0.05) is 61.0 Å². The van der Waals surface area contributed by atoms with Crippen LogP contribution in [0.5, 0.6) is 11.5 Å². The molecular weight excluding hydrogens is 434 g/mol. The Morgan fingerprint density at radius 3 is 2.42 bits per heavy atom. The van der Waals surface area contributed by atoms with Crippen LogP contribution in [-0.4, -0.2) is 43.0 Å². The van der Waals surface area contributed by atoms with Gasteiger partial charge in [0.05, 0.1) is 5.02 Å². The van der Waals surface area contributed by atoms with Crippen molar-refractivity contribution in [1.29, 1.82) is 0 Å². The second kappa shape index (κ2) is 9.65. The molecule has 2 heterocycles. The van der Waals surface area contributed by atoms with Gasteiger partial charge in [-0.3, -0.25) is 4.79 Å². The summed E-state index contributed by atoms with van der Waals surface area (Å²) in [7, 11) is 0. The zero-order chi connectivity index (χ0) is 23.6. The zero-order valence-electron chi connectivity index (χ0n) is 20.2. The predicted octanol–water partition coefficient (Wildman–Crippen LogP) is 5.67. The van der Waals surface area contributed by atoms with Gasteiger partial charge in [-0.2, -0.15) is 0 Å². The topological polar surface area (TPSA) is 53.6 Å². The molecule has 0 aliphatic carbocycles. The summed E-state index contributed by atoms with van der Waals surface area (Å²) in [5, 5.41) is 7.52. The number of nitrogens with one attached hydrogen (secondary N) is 2. The molecule has 0 spiro atoms. The Hall–Kier alpha value is -2.08. The largest absolute Gasteiger partial charge is 0.456 e. The quantitative estimate of drug-likeness (QED) is 0.533. The minimum atomic E-state index is 0.0291. The zero-order valence-corrected chi connectivity index (χ0v) is 21.0. The van der Waals surface area contributed by atoms with Crippen LogP contribution in [0.3, 0.4) is 0 Å². The van der Waals surface area contributed by atoms with Crippen LogP contribution >= 0.6 is 11.6 Å². The molecule has 2 aromatic carbocycles. The van der Waals surface area contributed by atoms with Gasteiger partial charge in [-0.15, -0.1) is 0 Å². The van der Waals surface area contributed by atoms with Crippen LogP contribution in [0.15, 0.2) is 42.5 Å². The first-order valence-corrected chi connectivity index (χ1v) is 12.3. The maximum atomic E-state index is 13.0. The number of ether oxygens (including phenoxy) is 1. The molecule has 0 amide bonds. The number of carbonyl (C=O) groups is 1. The number of nitrogens with zero attached hydrogens (tertiary/aromatic N) is 1. The molecule has 2 aliphatic rings. The molecule has 2 aliphatic heterocycles. The van der Waals surface area contributed by atoms with Crippen molar-refractivity contribution in [2.24, 2.45) is 5.92 Å². The molecule has 178 valence electrons. The summed E-state index contributed by atoms with van der Waals surface area (Å²) in [5.74, 6) is 1.80. The van der Waals surface area contributed by atoms with Crippen molar-refractivity contribution >= 4 is 23.1 Å². The van der Waals surface area contributed by atoms with Crippen molar-refractivity contribution in [2.45, 2.75) is 58.0 Å². The number of rotatable bonds is 6. The summed E-state index contributed by atoms with van der Waals surface area (Å²) in [6, 6.07) is 13.5. The number of Topliss-reactive ketones (excluding diaryl/α,β-unsaturated/α-hetero) is 1. The molecule has 2 aromatic rings. The minimum absolute atomic E-state index is 0.0291. The molecule has 5 nitrogen and oxygen atoms in total. The van der Waals surface area contributed by atoms with E-state index < -0.39 is 0 Å². The first-order valence-electron chi connectivity index (χ1n) is 12.0. The Bertz CT molecular complexity index is 983. The van der Waals surface area contributed by atoms with Gasteiger partial charge in [-0.25, -0.2) is 0 Å². The third-order valence-corrected chi connectivity index (χ3v) is 6.83. The van der Waals surface area contributed by atoms with Gasteiger partial charge in [-0.05, 0) is 76.8 Å². The van der Waals surface area contributed by atoms with E-state index in [1.165, 1.54) is 0 Å². The maximum absolute atomic E-state index is 13.0. The summed E-state index contributed by atoms with van der Waals surface area (Å²) in [6.07, 6.45) is 2.51. The van der Waals surface area contributed by atoms with E-state index in [4.69, 9.17) is 16.3 Å². The van der Waals surface area contributed by atoms with Gasteiger partial charge in [0.2, 0.25) is 0 Å². The molecule has 6 heteroatoms. The Kier molecular flexibility index (Phi) is 7.04. The molecule has 0 saturated carbocycles. The lowest BCUT2D eigenvalue weighted by molar-refractivity contribution is 0.0864. The second-order valence-corrected chi connectivity index (χ2v) is 11.2. The minimum Gasteiger partial charge on any atom is -0.456 e. The van der Waals surface area contributed by atoms with Crippen LogP contribution in [0.2, 0.25) is 5.02 Å². The van der Waals surface area contributed by atoms with Crippen molar-refractivity contribution in [1.82, 2.24) is 10.6 Å². The lowest BCUT2D eigenvalue weighted by Gasteiger charge is -2.46. The SMILES string of the molecule is CC1(C)CC(CC(=O)c2ccc(Oc3cccc(N4CCNCC4)c3)c(Cl)c2)CC(C)(C)N1. The Labute approximate surface area is 202 Å². The van der Waals surface area contributed by atoms with Crippen LogP contribution in [0, 0.1) is 5.92 Å². The van der Waals surface area contributed by atoms with E-state index in [2.05, 4.69) is 49.3 Å². The van der Waals surface area contributed by atoms with Gasteiger partial charge in [0.1, 0.15) is 11.5 Å². The van der Waals surface area contributed by atoms with E-state index >= 15 is 0 Å². The van der Waals surface area contributed by atoms with Gasteiger partial charge >= 0.3 is 0 Å². The molecule has 0 radical (unpaired) electrons. The summed E-state index contributed by atoms with van der Waals surface area (Å²) in [4.78, 5) is 15.4. The number of piperazine rings is 1. The summed E-state index contributed by atoms with van der Waals surface area (Å²) < 4.78 is 6.09. The molecule has 0 unspecified atom stereocenters. The fourth-order valence-corrected chi connectivity index (χ4v) is 5.83. The van der Waals surface area contributed by atoms with Crippen LogP contribution in [0.1, 0.15) is 57.3 Å². The lowest BCUT2D eigenvalue weighted by atomic mass is 9.74. The van der Waals surface area contributed by atoms with Crippen molar-refractivity contribution in [3.05, 3.63) is 53.1 Å². The molecule has 4 rings (SSSR count). The van der Waals surface area contributed by atoms with Crippen LogP contribution in [-0.2, 0) is 0 Å². The number of ketones is 1. The standard InChI is InChI=1S/C27H36ClN3O2/c1-26(2)17-19(18-27(3,4)30-26)14-24(32)20-8-9-25(23(28)15-20)33-22-7-5-6-21(16-22)31-12-10-29-11-13-31/h5-9,15-16,19,29-30H,10-14,17-18H2,1-4H3. The number of carbonyl (C=O) groups excluding carboxylic acids is 1. The smallest absolute Gasteiger partial charge is 0.163 e. The fourth-order valence-electron chi connectivity index (χ4n) is 5.61. The summed E-state index contributed by atoms with van der Waals surface area (Å²) in [5.41, 5.74) is 1.85. The summed E-state index contributed by atoms with van der Waals surface area (Å²) in [6.45, 7) is 12.8. The molecule has 0 atom stereocenters. The highest BCUT2D eigenvalue weighted by atomic mass is 35.5. The van der Waals surface area contributed by atoms with Crippen LogP contribution < -0.4 is 20.3 Å². The van der Waals surface area contributed by atoms with Gasteiger partial charge in [-0.1, -0.05) is 17.7 Å². The monoisotopic (exact) mass is 469 g/mol. The van der Waals surface area contributed by atoms with Crippen LogP contribution in [0.4, 0.5) is 5.69 Å². The average Bonchev–Trinajstić information content (AvgIpc) is 2.74. The predicted molar refractivity (Wildman–Crippen MR) is 136 cm³/mol.